The van der Waals surface area contributed by atoms with Gasteiger partial charge in [-0.2, -0.15) is 13.2 Å². The van der Waals surface area contributed by atoms with E-state index in [0.717, 1.165) is 0 Å². The molecule has 0 fully saturated rings. The molecule has 0 saturated carbocycles. The number of aromatic nitrogens is 1. The fourth-order valence-corrected chi connectivity index (χ4v) is 1.61. The van der Waals surface area contributed by atoms with Crippen LogP contribution in [0.4, 0.5) is 18.9 Å². The molecule has 0 bridgehead atoms. The van der Waals surface area contributed by atoms with Crippen LogP contribution >= 0.6 is 0 Å². The Labute approximate surface area is 116 Å². The van der Waals surface area contributed by atoms with Crippen LogP contribution in [0.25, 0.3) is 11.3 Å². The summed E-state index contributed by atoms with van der Waals surface area (Å²) in [5, 5.41) is 14.2. The summed E-state index contributed by atoms with van der Waals surface area (Å²) in [6.07, 6.45) is -4.48. The van der Waals surface area contributed by atoms with E-state index in [4.69, 9.17) is 4.52 Å². The highest BCUT2D eigenvalue weighted by Crippen LogP contribution is 2.31. The molecule has 9 heteroatoms. The molecule has 0 saturated heterocycles. The second kappa shape index (κ2) is 5.43. The Hall–Kier alpha value is -2.58. The molecule has 0 amide bonds. The molecule has 1 aromatic carbocycles. The minimum Gasteiger partial charge on any atom is -0.454 e. The van der Waals surface area contributed by atoms with E-state index >= 15 is 0 Å². The topological polar surface area (TPSA) is 78.4 Å². The predicted molar refractivity (Wildman–Crippen MR) is 64.9 cm³/mol. The zero-order valence-electron chi connectivity index (χ0n) is 10.7. The third-order valence-corrected chi connectivity index (χ3v) is 2.60. The van der Waals surface area contributed by atoms with Crippen molar-refractivity contribution in [1.29, 1.82) is 0 Å². The lowest BCUT2D eigenvalue weighted by atomic mass is 10.1. The lowest BCUT2D eigenvalue weighted by Crippen LogP contribution is -2.19. The first-order chi connectivity index (χ1) is 9.78. The van der Waals surface area contributed by atoms with E-state index in [0.29, 0.717) is 5.56 Å². The lowest BCUT2D eigenvalue weighted by molar-refractivity contribution is -0.384. The van der Waals surface area contributed by atoms with Crippen LogP contribution in [0.5, 0.6) is 5.95 Å². The molecule has 21 heavy (non-hydrogen) atoms. The van der Waals surface area contributed by atoms with Crippen molar-refractivity contribution in [1.82, 2.24) is 5.16 Å². The number of rotatable bonds is 4. The second-order valence-electron chi connectivity index (χ2n) is 4.15. The second-order valence-corrected chi connectivity index (χ2v) is 4.15. The number of ether oxygens (including phenoxy) is 1. The van der Waals surface area contributed by atoms with Gasteiger partial charge in [0.25, 0.3) is 5.69 Å². The van der Waals surface area contributed by atoms with Gasteiger partial charge in [0.05, 0.1) is 10.5 Å². The summed E-state index contributed by atoms with van der Waals surface area (Å²) in [5.41, 5.74) is 0.923. The molecule has 0 unspecified atom stereocenters. The first kappa shape index (κ1) is 14.8. The fourth-order valence-electron chi connectivity index (χ4n) is 1.61. The molecule has 1 heterocycles. The number of nitro benzene ring substituents is 1. The van der Waals surface area contributed by atoms with E-state index in [1.807, 2.05) is 0 Å². The van der Waals surface area contributed by atoms with Gasteiger partial charge in [0.15, 0.2) is 6.61 Å². The standard InChI is InChI=1S/C12H9F3N2O4/c1-7-10(8-2-4-9(5-3-8)17(18)19)16-21-11(7)20-6-12(13,14)15/h2-5H,6H2,1H3. The number of nitro groups is 1. The summed E-state index contributed by atoms with van der Waals surface area (Å²) in [6.45, 7) is 0.00168. The number of hydrogen-bond donors (Lipinski definition) is 0. The highest BCUT2D eigenvalue weighted by atomic mass is 19.4. The van der Waals surface area contributed by atoms with Crippen LogP contribution in [0.15, 0.2) is 28.8 Å². The molecule has 0 atom stereocenters. The van der Waals surface area contributed by atoms with Crippen molar-refractivity contribution in [3.05, 3.63) is 39.9 Å². The number of nitrogens with zero attached hydrogens (tertiary/aromatic N) is 2. The first-order valence-electron chi connectivity index (χ1n) is 5.68. The highest BCUT2D eigenvalue weighted by Gasteiger charge is 2.30. The Balaban J connectivity index is 2.21. The number of benzene rings is 1. The summed E-state index contributed by atoms with van der Waals surface area (Å²) >= 11 is 0. The van der Waals surface area contributed by atoms with Crippen molar-refractivity contribution in [2.75, 3.05) is 6.61 Å². The zero-order valence-corrected chi connectivity index (χ0v) is 10.7. The minimum atomic E-state index is -4.48. The predicted octanol–water partition coefficient (Wildman–Crippen LogP) is 3.50. The van der Waals surface area contributed by atoms with Gasteiger partial charge in [-0.1, -0.05) is 5.16 Å². The van der Waals surface area contributed by atoms with Gasteiger partial charge in [-0.3, -0.25) is 10.1 Å². The maximum absolute atomic E-state index is 12.1. The van der Waals surface area contributed by atoms with Crippen molar-refractivity contribution in [2.24, 2.45) is 0 Å². The largest absolute Gasteiger partial charge is 0.454 e. The highest BCUT2D eigenvalue weighted by molar-refractivity contribution is 5.65. The van der Waals surface area contributed by atoms with E-state index in [2.05, 4.69) is 9.89 Å². The average Bonchev–Trinajstić information content (AvgIpc) is 2.77. The molecule has 112 valence electrons. The van der Waals surface area contributed by atoms with Crippen LogP contribution in [0.2, 0.25) is 0 Å². The number of alkyl halides is 3. The molecular weight excluding hydrogens is 293 g/mol. The summed E-state index contributed by atoms with van der Waals surface area (Å²) in [5.74, 6) is -0.333. The van der Waals surface area contributed by atoms with E-state index in [9.17, 15) is 23.3 Å². The molecule has 0 radical (unpaired) electrons. The Bertz CT molecular complexity index is 650. The summed E-state index contributed by atoms with van der Waals surface area (Å²) < 4.78 is 45.4. The Morgan fingerprint density at radius 1 is 1.33 bits per heavy atom. The molecule has 2 rings (SSSR count). The average molecular weight is 302 g/mol. The van der Waals surface area contributed by atoms with Crippen LogP contribution in [0.3, 0.4) is 0 Å². The molecule has 2 aromatic rings. The molecule has 6 nitrogen and oxygen atoms in total. The van der Waals surface area contributed by atoms with Crippen LogP contribution in [-0.4, -0.2) is 22.9 Å². The smallest absolute Gasteiger partial charge is 0.422 e. The molecule has 0 aliphatic heterocycles. The van der Waals surface area contributed by atoms with Gasteiger partial charge < -0.3 is 9.26 Å². The van der Waals surface area contributed by atoms with Gasteiger partial charge >= 0.3 is 12.1 Å². The van der Waals surface area contributed by atoms with Gasteiger partial charge in [-0.05, 0) is 19.1 Å². The van der Waals surface area contributed by atoms with Crippen LogP contribution in [-0.2, 0) is 0 Å². The molecule has 0 aliphatic rings. The Kier molecular flexibility index (Phi) is 3.83. The van der Waals surface area contributed by atoms with Crippen molar-refractivity contribution in [3.63, 3.8) is 0 Å². The third-order valence-electron chi connectivity index (χ3n) is 2.60. The van der Waals surface area contributed by atoms with Crippen molar-refractivity contribution in [3.8, 4) is 17.2 Å². The summed E-state index contributed by atoms with van der Waals surface area (Å²) in [6, 6.07) is 5.38. The lowest BCUT2D eigenvalue weighted by Gasteiger charge is -2.06. The van der Waals surface area contributed by atoms with Gasteiger partial charge in [0.1, 0.15) is 5.69 Å². The van der Waals surface area contributed by atoms with Crippen LogP contribution in [0, 0.1) is 17.0 Å². The van der Waals surface area contributed by atoms with Gasteiger partial charge in [-0.15, -0.1) is 0 Å². The van der Waals surface area contributed by atoms with Crippen molar-refractivity contribution < 1.29 is 27.4 Å². The molecular formula is C12H9F3N2O4. The van der Waals surface area contributed by atoms with Gasteiger partial charge in [-0.25, -0.2) is 0 Å². The third kappa shape index (κ3) is 3.50. The number of halogens is 3. The minimum absolute atomic E-state index is 0.103. The first-order valence-corrected chi connectivity index (χ1v) is 5.68. The maximum atomic E-state index is 12.1. The Morgan fingerprint density at radius 2 is 1.95 bits per heavy atom. The van der Waals surface area contributed by atoms with E-state index in [1.54, 1.807) is 0 Å². The Morgan fingerprint density at radius 3 is 2.48 bits per heavy atom. The normalized spacial score (nSPS) is 11.4. The van der Waals surface area contributed by atoms with Crippen LogP contribution in [0.1, 0.15) is 5.56 Å². The van der Waals surface area contributed by atoms with Gasteiger partial charge in [0.2, 0.25) is 0 Å². The molecule has 0 N–H and O–H groups in total. The summed E-state index contributed by atoms with van der Waals surface area (Å²) in [4.78, 5) is 9.99. The molecule has 1 aromatic heterocycles. The summed E-state index contributed by atoms with van der Waals surface area (Å²) in [7, 11) is 0. The number of non-ortho nitro benzene ring substituents is 1. The quantitative estimate of drug-likeness (QED) is 0.638. The molecule has 0 aliphatic carbocycles. The number of hydrogen-bond acceptors (Lipinski definition) is 5. The monoisotopic (exact) mass is 302 g/mol. The van der Waals surface area contributed by atoms with E-state index in [-0.39, 0.29) is 22.9 Å². The zero-order chi connectivity index (χ0) is 15.6. The van der Waals surface area contributed by atoms with E-state index in [1.165, 1.54) is 31.2 Å². The van der Waals surface area contributed by atoms with Crippen molar-refractivity contribution in [2.45, 2.75) is 13.1 Å². The van der Waals surface area contributed by atoms with Crippen molar-refractivity contribution >= 4 is 5.69 Å². The fraction of sp³-hybridized carbons (Fsp3) is 0.250. The van der Waals surface area contributed by atoms with Gasteiger partial charge in [0, 0.05) is 17.7 Å². The van der Waals surface area contributed by atoms with E-state index < -0.39 is 17.7 Å². The maximum Gasteiger partial charge on any atom is 0.422 e. The SMILES string of the molecule is Cc1c(-c2ccc([N+](=O)[O-])cc2)noc1OCC(F)(F)F. The van der Waals surface area contributed by atoms with Crippen LogP contribution < -0.4 is 4.74 Å². The molecule has 0 spiro atoms.